The van der Waals surface area contributed by atoms with E-state index < -0.39 is 0 Å². The van der Waals surface area contributed by atoms with Crippen molar-refractivity contribution in [1.82, 2.24) is 25.6 Å². The van der Waals surface area contributed by atoms with Crippen LogP contribution in [0.2, 0.25) is 0 Å². The first-order chi connectivity index (χ1) is 10.8. The molecule has 0 radical (unpaired) electrons. The predicted octanol–water partition coefficient (Wildman–Crippen LogP) is 1.13. The third kappa shape index (κ3) is 3.70. The van der Waals surface area contributed by atoms with Gasteiger partial charge in [0.05, 0.1) is 12.2 Å². The fourth-order valence-corrected chi connectivity index (χ4v) is 2.48. The first kappa shape index (κ1) is 14.7. The molecular formula is C14H20N6O2. The lowest BCUT2D eigenvalue weighted by Crippen LogP contribution is -2.29. The normalized spacial score (nSPS) is 18.1. The van der Waals surface area contributed by atoms with E-state index in [0.29, 0.717) is 30.6 Å². The van der Waals surface area contributed by atoms with E-state index in [2.05, 4.69) is 35.5 Å². The van der Waals surface area contributed by atoms with Gasteiger partial charge in [0.1, 0.15) is 24.4 Å². The highest BCUT2D eigenvalue weighted by Crippen LogP contribution is 2.22. The fourth-order valence-electron chi connectivity index (χ4n) is 2.48. The van der Waals surface area contributed by atoms with Gasteiger partial charge in [0.15, 0.2) is 0 Å². The monoisotopic (exact) mass is 304 g/mol. The molecule has 0 spiro atoms. The second-order valence-corrected chi connectivity index (χ2v) is 5.30. The predicted molar refractivity (Wildman–Crippen MR) is 79.9 cm³/mol. The van der Waals surface area contributed by atoms with Crippen LogP contribution in [0.1, 0.15) is 30.1 Å². The summed E-state index contributed by atoms with van der Waals surface area (Å²) >= 11 is 0. The van der Waals surface area contributed by atoms with Crippen molar-refractivity contribution in [3.63, 3.8) is 0 Å². The molecule has 0 saturated carbocycles. The van der Waals surface area contributed by atoms with Gasteiger partial charge in [0.25, 0.3) is 5.88 Å². The number of piperidine rings is 1. The van der Waals surface area contributed by atoms with Crippen molar-refractivity contribution in [1.29, 1.82) is 0 Å². The van der Waals surface area contributed by atoms with Crippen LogP contribution in [-0.4, -0.2) is 46.5 Å². The Morgan fingerprint density at radius 3 is 3.14 bits per heavy atom. The van der Waals surface area contributed by atoms with Crippen molar-refractivity contribution in [3.8, 4) is 5.88 Å². The molecule has 1 aliphatic rings. The molecule has 1 saturated heterocycles. The minimum atomic E-state index is 0.429. The Labute approximate surface area is 128 Å². The standard InChI is InChI=1S/C14H20N6O2/c1-10-14(20-22-19-10)21-6-5-16-13-7-12(17-9-18-13)11-3-2-4-15-8-11/h7,9,11,15H,2-6,8H2,1H3,(H,16,17,18). The summed E-state index contributed by atoms with van der Waals surface area (Å²) in [6.45, 7) is 4.94. The van der Waals surface area contributed by atoms with E-state index >= 15 is 0 Å². The number of nitrogens with one attached hydrogen (secondary N) is 2. The molecule has 2 aromatic rings. The van der Waals surface area contributed by atoms with Gasteiger partial charge in [-0.1, -0.05) is 5.16 Å². The van der Waals surface area contributed by atoms with Crippen LogP contribution >= 0.6 is 0 Å². The Morgan fingerprint density at radius 2 is 2.36 bits per heavy atom. The molecule has 3 rings (SSSR count). The molecule has 1 atom stereocenters. The van der Waals surface area contributed by atoms with Crippen molar-refractivity contribution in [2.75, 3.05) is 31.6 Å². The largest absolute Gasteiger partial charge is 0.472 e. The lowest BCUT2D eigenvalue weighted by Gasteiger charge is -2.22. The average Bonchev–Trinajstić information content (AvgIpc) is 2.98. The van der Waals surface area contributed by atoms with Crippen molar-refractivity contribution in [3.05, 3.63) is 23.8 Å². The van der Waals surface area contributed by atoms with Gasteiger partial charge in [-0.15, -0.1) is 0 Å². The fraction of sp³-hybridized carbons (Fsp3) is 0.571. The Morgan fingerprint density at radius 1 is 1.41 bits per heavy atom. The zero-order valence-electron chi connectivity index (χ0n) is 12.6. The summed E-state index contributed by atoms with van der Waals surface area (Å²) in [4.78, 5) is 8.63. The van der Waals surface area contributed by atoms with E-state index in [9.17, 15) is 0 Å². The van der Waals surface area contributed by atoms with Gasteiger partial charge in [-0.05, 0) is 31.5 Å². The lowest BCUT2D eigenvalue weighted by atomic mass is 9.96. The number of aryl methyl sites for hydroxylation is 1. The second kappa shape index (κ2) is 7.17. The molecule has 0 amide bonds. The van der Waals surface area contributed by atoms with E-state index in [1.165, 1.54) is 12.8 Å². The van der Waals surface area contributed by atoms with Gasteiger partial charge < -0.3 is 15.4 Å². The molecule has 0 aliphatic carbocycles. The summed E-state index contributed by atoms with van der Waals surface area (Å²) in [5, 5.41) is 14.0. The number of anilines is 1. The van der Waals surface area contributed by atoms with Crippen molar-refractivity contribution in [2.24, 2.45) is 0 Å². The molecular weight excluding hydrogens is 284 g/mol. The van der Waals surface area contributed by atoms with E-state index in [4.69, 9.17) is 4.74 Å². The summed E-state index contributed by atoms with van der Waals surface area (Å²) in [5.41, 5.74) is 1.73. The molecule has 2 aromatic heterocycles. The topological polar surface area (TPSA) is 98.0 Å². The highest BCUT2D eigenvalue weighted by Gasteiger charge is 2.16. The smallest absolute Gasteiger partial charge is 0.278 e. The van der Waals surface area contributed by atoms with Crippen LogP contribution in [-0.2, 0) is 0 Å². The highest BCUT2D eigenvalue weighted by molar-refractivity contribution is 5.36. The molecule has 1 unspecified atom stereocenters. The molecule has 1 fully saturated rings. The van der Waals surface area contributed by atoms with Gasteiger partial charge in [0, 0.05) is 18.5 Å². The molecule has 0 aromatic carbocycles. The first-order valence-electron chi connectivity index (χ1n) is 7.51. The van der Waals surface area contributed by atoms with Crippen LogP contribution in [0.15, 0.2) is 17.0 Å². The maximum atomic E-state index is 5.46. The van der Waals surface area contributed by atoms with Gasteiger partial charge in [0.2, 0.25) is 0 Å². The summed E-state index contributed by atoms with van der Waals surface area (Å²) < 4.78 is 10.0. The van der Waals surface area contributed by atoms with Crippen LogP contribution in [0.25, 0.3) is 0 Å². The first-order valence-corrected chi connectivity index (χ1v) is 7.51. The van der Waals surface area contributed by atoms with Crippen LogP contribution in [0.3, 0.4) is 0 Å². The Hall–Kier alpha value is -2.22. The number of hydrogen-bond donors (Lipinski definition) is 2. The highest BCUT2D eigenvalue weighted by atomic mass is 16.6. The summed E-state index contributed by atoms with van der Waals surface area (Å²) in [7, 11) is 0. The number of aromatic nitrogens is 4. The second-order valence-electron chi connectivity index (χ2n) is 5.30. The van der Waals surface area contributed by atoms with Crippen molar-refractivity contribution in [2.45, 2.75) is 25.7 Å². The van der Waals surface area contributed by atoms with Crippen LogP contribution < -0.4 is 15.4 Å². The molecule has 3 heterocycles. The number of ether oxygens (including phenoxy) is 1. The molecule has 8 heteroatoms. The Kier molecular flexibility index (Phi) is 4.79. The molecule has 118 valence electrons. The van der Waals surface area contributed by atoms with Gasteiger partial charge >= 0.3 is 0 Å². The van der Waals surface area contributed by atoms with Crippen molar-refractivity contribution >= 4 is 5.82 Å². The minimum Gasteiger partial charge on any atom is -0.472 e. The Balaban J connectivity index is 1.49. The average molecular weight is 304 g/mol. The van der Waals surface area contributed by atoms with E-state index in [1.54, 1.807) is 13.3 Å². The summed E-state index contributed by atoms with van der Waals surface area (Å²) in [5.74, 6) is 1.71. The molecule has 8 nitrogen and oxygen atoms in total. The maximum Gasteiger partial charge on any atom is 0.278 e. The number of hydrogen-bond acceptors (Lipinski definition) is 8. The van der Waals surface area contributed by atoms with Gasteiger partial charge in [-0.25, -0.2) is 14.6 Å². The van der Waals surface area contributed by atoms with Gasteiger partial charge in [-0.2, -0.15) is 0 Å². The zero-order chi connectivity index (χ0) is 15.2. The van der Waals surface area contributed by atoms with E-state index in [0.717, 1.165) is 24.6 Å². The third-order valence-corrected chi connectivity index (χ3v) is 3.66. The maximum absolute atomic E-state index is 5.46. The lowest BCUT2D eigenvalue weighted by molar-refractivity contribution is 0.261. The summed E-state index contributed by atoms with van der Waals surface area (Å²) in [6.07, 6.45) is 3.97. The van der Waals surface area contributed by atoms with E-state index in [1.807, 2.05) is 6.07 Å². The van der Waals surface area contributed by atoms with Crippen LogP contribution in [0.5, 0.6) is 5.88 Å². The molecule has 22 heavy (non-hydrogen) atoms. The van der Waals surface area contributed by atoms with Gasteiger partial charge in [-0.3, -0.25) is 0 Å². The third-order valence-electron chi connectivity index (χ3n) is 3.66. The molecule has 2 N–H and O–H groups in total. The van der Waals surface area contributed by atoms with Crippen LogP contribution in [0, 0.1) is 6.92 Å². The van der Waals surface area contributed by atoms with Crippen LogP contribution in [0.4, 0.5) is 5.82 Å². The minimum absolute atomic E-state index is 0.429. The zero-order valence-corrected chi connectivity index (χ0v) is 12.6. The Bertz CT molecular complexity index is 597. The van der Waals surface area contributed by atoms with E-state index in [-0.39, 0.29) is 0 Å². The summed E-state index contributed by atoms with van der Waals surface area (Å²) in [6, 6.07) is 2.01. The quantitative estimate of drug-likeness (QED) is 0.766. The molecule has 0 bridgehead atoms. The van der Waals surface area contributed by atoms with Crippen molar-refractivity contribution < 1.29 is 9.37 Å². The SMILES string of the molecule is Cc1nonc1OCCNc1cc(C2CCCNC2)ncn1. The number of nitrogens with zero attached hydrogens (tertiary/aromatic N) is 4. The number of rotatable bonds is 6. The molecule has 1 aliphatic heterocycles.